The Morgan fingerprint density at radius 1 is 1.78 bits per heavy atom. The minimum atomic E-state index is -3.55. The number of hydrogen-bond acceptors (Lipinski definition) is 2. The smallest absolute Gasteiger partial charge is 0.381 e. The highest BCUT2D eigenvalue weighted by Gasteiger charge is 2.35. The number of carbonyl (C=O) groups excluding carboxylic acids is 1. The minimum absolute atomic E-state index is 0.235. The molecule has 0 spiro atoms. The van der Waals surface area contributed by atoms with Crippen molar-refractivity contribution in [1.82, 2.24) is 0 Å². The largest absolute Gasteiger partial charge is 0.464 e. The zero-order valence-corrected chi connectivity index (χ0v) is 4.86. The molecule has 9 heavy (non-hydrogen) atoms. The van der Waals surface area contributed by atoms with E-state index in [0.717, 1.165) is 7.11 Å². The van der Waals surface area contributed by atoms with Gasteiger partial charge < -0.3 is 4.74 Å². The van der Waals surface area contributed by atoms with Crippen LogP contribution in [0.3, 0.4) is 0 Å². The number of esters is 1. The highest BCUT2D eigenvalue weighted by Crippen LogP contribution is 2.15. The molecule has 0 aromatic heterocycles. The van der Waals surface area contributed by atoms with Gasteiger partial charge in [0.2, 0.25) is 0 Å². The third kappa shape index (κ3) is 1.79. The van der Waals surface area contributed by atoms with Gasteiger partial charge >= 0.3 is 11.9 Å². The van der Waals surface area contributed by atoms with Crippen molar-refractivity contribution in [2.24, 2.45) is 0 Å². The zero-order chi connectivity index (χ0) is 7.49. The van der Waals surface area contributed by atoms with Gasteiger partial charge in [-0.15, -0.1) is 0 Å². The molecule has 0 aliphatic heterocycles. The van der Waals surface area contributed by atoms with Gasteiger partial charge in [-0.05, 0) is 6.08 Å². The van der Waals surface area contributed by atoms with Crippen LogP contribution >= 0.6 is 0 Å². The third-order valence-corrected chi connectivity index (χ3v) is 0.714. The van der Waals surface area contributed by atoms with Crippen molar-refractivity contribution in [2.45, 2.75) is 5.92 Å². The van der Waals surface area contributed by atoms with Crippen LogP contribution in [0.1, 0.15) is 0 Å². The topological polar surface area (TPSA) is 26.3 Å². The normalized spacial score (nSPS) is 10.6. The van der Waals surface area contributed by atoms with E-state index in [1.807, 2.05) is 0 Å². The van der Waals surface area contributed by atoms with E-state index in [1.54, 1.807) is 0 Å². The molecule has 0 unspecified atom stereocenters. The summed E-state index contributed by atoms with van der Waals surface area (Å²) in [5, 5.41) is 0. The van der Waals surface area contributed by atoms with Gasteiger partial charge in [0.25, 0.3) is 0 Å². The molecule has 0 amide bonds. The summed E-state index contributed by atoms with van der Waals surface area (Å²) in [6.45, 7) is 2.75. The predicted octanol–water partition coefficient (Wildman–Crippen LogP) is 0.981. The first-order chi connectivity index (χ1) is 4.04. The quantitative estimate of drug-likeness (QED) is 0.417. The van der Waals surface area contributed by atoms with E-state index in [2.05, 4.69) is 11.3 Å². The molecule has 0 aromatic rings. The number of rotatable bonds is 2. The Morgan fingerprint density at radius 3 is 2.33 bits per heavy atom. The molecule has 0 rings (SSSR count). The first kappa shape index (κ1) is 8.07. The van der Waals surface area contributed by atoms with Crippen LogP contribution in [-0.2, 0) is 9.53 Å². The summed E-state index contributed by atoms with van der Waals surface area (Å²) in [5.74, 6) is -5.13. The van der Waals surface area contributed by atoms with Gasteiger partial charge in [-0.1, -0.05) is 6.58 Å². The molecule has 4 heteroatoms. The van der Waals surface area contributed by atoms with Gasteiger partial charge in [0.1, 0.15) is 0 Å². The lowest BCUT2D eigenvalue weighted by Crippen LogP contribution is -2.26. The van der Waals surface area contributed by atoms with E-state index in [9.17, 15) is 13.6 Å². The molecule has 2 nitrogen and oxygen atoms in total. The summed E-state index contributed by atoms with van der Waals surface area (Å²) >= 11 is 0. The molecular formula is C5H6F2O2. The summed E-state index contributed by atoms with van der Waals surface area (Å²) in [4.78, 5) is 10.0. The van der Waals surface area contributed by atoms with Crippen LogP contribution in [0.4, 0.5) is 8.78 Å². The number of alkyl halides is 2. The highest BCUT2D eigenvalue weighted by molar-refractivity contribution is 5.79. The average Bonchev–Trinajstić information content (AvgIpc) is 1.86. The van der Waals surface area contributed by atoms with E-state index in [-0.39, 0.29) is 6.08 Å². The Morgan fingerprint density at radius 2 is 2.22 bits per heavy atom. The van der Waals surface area contributed by atoms with Gasteiger partial charge in [0.05, 0.1) is 7.11 Å². The Hall–Kier alpha value is -0.930. The first-order valence-corrected chi connectivity index (χ1v) is 2.14. The molecule has 0 aliphatic rings. The van der Waals surface area contributed by atoms with E-state index in [4.69, 9.17) is 0 Å². The molecule has 0 N–H and O–H groups in total. The fraction of sp³-hybridized carbons (Fsp3) is 0.400. The number of methoxy groups -OCH3 is 1. The molecule has 0 heterocycles. The maximum atomic E-state index is 12.0. The van der Waals surface area contributed by atoms with Gasteiger partial charge in [-0.2, -0.15) is 8.78 Å². The molecule has 52 valence electrons. The standard InChI is InChI=1S/C5H6F2O2/c1-3-5(6,7)4(8)9-2/h3H,1H2,2H3. The molecule has 0 bridgehead atoms. The van der Waals surface area contributed by atoms with Gasteiger partial charge in [-0.25, -0.2) is 4.79 Å². The van der Waals surface area contributed by atoms with Crippen LogP contribution < -0.4 is 0 Å². The van der Waals surface area contributed by atoms with Crippen molar-refractivity contribution >= 4 is 5.97 Å². The fourth-order valence-electron chi connectivity index (χ4n) is 0.219. The summed E-state index contributed by atoms with van der Waals surface area (Å²) in [5.41, 5.74) is 0. The third-order valence-electron chi connectivity index (χ3n) is 0.714. The average molecular weight is 136 g/mol. The Bertz CT molecular complexity index is 131. The van der Waals surface area contributed by atoms with Crippen molar-refractivity contribution in [3.63, 3.8) is 0 Å². The second-order valence-electron chi connectivity index (χ2n) is 1.32. The minimum Gasteiger partial charge on any atom is -0.464 e. The Kier molecular flexibility index (Phi) is 2.30. The maximum absolute atomic E-state index is 12.0. The van der Waals surface area contributed by atoms with Crippen LogP contribution in [0.15, 0.2) is 12.7 Å². The molecule has 0 aromatic carbocycles. The summed E-state index contributed by atoms with van der Waals surface area (Å²) < 4.78 is 27.7. The van der Waals surface area contributed by atoms with Gasteiger partial charge in [-0.3, -0.25) is 0 Å². The van der Waals surface area contributed by atoms with E-state index < -0.39 is 11.9 Å². The van der Waals surface area contributed by atoms with Crippen molar-refractivity contribution in [3.8, 4) is 0 Å². The van der Waals surface area contributed by atoms with Crippen molar-refractivity contribution in [3.05, 3.63) is 12.7 Å². The van der Waals surface area contributed by atoms with Crippen LogP contribution in [0.5, 0.6) is 0 Å². The number of hydrogen-bond donors (Lipinski definition) is 0. The molecule has 0 fully saturated rings. The van der Waals surface area contributed by atoms with Crippen molar-refractivity contribution < 1.29 is 18.3 Å². The first-order valence-electron chi connectivity index (χ1n) is 2.14. The predicted molar refractivity (Wildman–Crippen MR) is 27.2 cm³/mol. The molecule has 0 saturated carbocycles. The molecule has 0 aliphatic carbocycles. The lowest BCUT2D eigenvalue weighted by atomic mass is 10.3. The summed E-state index contributed by atoms with van der Waals surface area (Å²) in [6, 6.07) is 0. The molecular weight excluding hydrogens is 130 g/mol. The van der Waals surface area contributed by atoms with E-state index >= 15 is 0 Å². The van der Waals surface area contributed by atoms with Crippen LogP contribution in [0.25, 0.3) is 0 Å². The second kappa shape index (κ2) is 2.57. The molecule has 0 atom stereocenters. The van der Waals surface area contributed by atoms with E-state index in [1.165, 1.54) is 0 Å². The molecule has 0 radical (unpaired) electrons. The van der Waals surface area contributed by atoms with Crippen LogP contribution in [0.2, 0.25) is 0 Å². The zero-order valence-electron chi connectivity index (χ0n) is 4.86. The lowest BCUT2D eigenvalue weighted by molar-refractivity contribution is -0.161. The number of carbonyl (C=O) groups is 1. The maximum Gasteiger partial charge on any atom is 0.381 e. The fourth-order valence-corrected chi connectivity index (χ4v) is 0.219. The second-order valence-corrected chi connectivity index (χ2v) is 1.32. The Balaban J connectivity index is 4.14. The SMILES string of the molecule is C=CC(F)(F)C(=O)OC. The number of ether oxygens (including phenoxy) is 1. The Labute approximate surface area is 51.1 Å². The van der Waals surface area contributed by atoms with Crippen LogP contribution in [-0.4, -0.2) is 19.0 Å². The van der Waals surface area contributed by atoms with Crippen molar-refractivity contribution in [2.75, 3.05) is 7.11 Å². The molecule has 0 saturated heterocycles. The highest BCUT2D eigenvalue weighted by atomic mass is 19.3. The monoisotopic (exact) mass is 136 g/mol. The van der Waals surface area contributed by atoms with Crippen LogP contribution in [0, 0.1) is 0 Å². The van der Waals surface area contributed by atoms with Gasteiger partial charge in [0, 0.05) is 0 Å². The lowest BCUT2D eigenvalue weighted by Gasteiger charge is -2.05. The number of halogens is 2. The summed E-state index contributed by atoms with van der Waals surface area (Å²) in [6.07, 6.45) is 0.235. The van der Waals surface area contributed by atoms with Gasteiger partial charge in [0.15, 0.2) is 0 Å². The van der Waals surface area contributed by atoms with E-state index in [0.29, 0.717) is 0 Å². The summed E-state index contributed by atoms with van der Waals surface area (Å²) in [7, 11) is 0.889. The van der Waals surface area contributed by atoms with Crippen molar-refractivity contribution in [1.29, 1.82) is 0 Å².